The predicted octanol–water partition coefficient (Wildman–Crippen LogP) is 23.7. The Hall–Kier alpha value is -1.94. The number of unbranched alkanes of at least 4 members (excludes halogenated alkanes) is 45. The number of ether oxygens (including phenoxy) is 4. The van der Waals surface area contributed by atoms with Crippen molar-refractivity contribution in [3.63, 3.8) is 0 Å². The summed E-state index contributed by atoms with van der Waals surface area (Å²) < 4.78 is 68.7. The zero-order valence-electron chi connectivity index (χ0n) is 65.0. The van der Waals surface area contributed by atoms with Crippen molar-refractivity contribution in [2.24, 2.45) is 17.8 Å². The second-order valence-electron chi connectivity index (χ2n) is 30.0. The lowest BCUT2D eigenvalue weighted by atomic mass is 9.99. The van der Waals surface area contributed by atoms with E-state index >= 15 is 0 Å². The molecule has 0 aliphatic rings. The Morgan fingerprint density at radius 2 is 0.515 bits per heavy atom. The maximum absolute atomic E-state index is 13.1. The molecule has 0 aromatic carbocycles. The second-order valence-corrected chi connectivity index (χ2v) is 32.9. The molecule has 0 aromatic rings. The lowest BCUT2D eigenvalue weighted by molar-refractivity contribution is -0.161. The molecular weight excluding hydrogens is 1290 g/mol. The molecule has 17 nitrogen and oxygen atoms in total. The fraction of sp³-hybridized carbons (Fsp3) is 0.950. The van der Waals surface area contributed by atoms with Gasteiger partial charge in [-0.3, -0.25) is 37.3 Å². The molecule has 19 heteroatoms. The first kappa shape index (κ1) is 97.1. The topological polar surface area (TPSA) is 237 Å². The van der Waals surface area contributed by atoms with Gasteiger partial charge in [0, 0.05) is 25.7 Å². The van der Waals surface area contributed by atoms with Crippen LogP contribution in [0.25, 0.3) is 0 Å². The van der Waals surface area contributed by atoms with E-state index in [1.807, 2.05) is 0 Å². The van der Waals surface area contributed by atoms with E-state index in [0.29, 0.717) is 25.7 Å². The van der Waals surface area contributed by atoms with Crippen molar-refractivity contribution in [2.75, 3.05) is 39.6 Å². The standard InChI is InChI=1S/C80H156O17P2/c1-8-10-11-12-13-14-15-16-17-18-19-22-28-33-42-49-56-63-79(84)96-75(67-90-77(82)61-54-47-40-32-27-23-20-21-25-30-37-44-51-58-71(3)4)69-94-98(86,87)92-65-74(81)66-93-99(88,89)95-70-76(68-91-78(83)62-55-48-41-36-35-39-46-53-60-73(7)9-2)97-80(85)64-57-50-43-34-29-24-26-31-38-45-52-59-72(5)6/h71-76,81H,8-70H2,1-7H3,(H,86,87)(H,88,89)/t73?,74-,75-,76-/m1/s1. The average molecular weight is 1450 g/mol. The lowest BCUT2D eigenvalue weighted by Gasteiger charge is -2.21. The fourth-order valence-corrected chi connectivity index (χ4v) is 13.9. The van der Waals surface area contributed by atoms with Crippen molar-refractivity contribution in [3.05, 3.63) is 0 Å². The monoisotopic (exact) mass is 1450 g/mol. The second kappa shape index (κ2) is 70.4. The van der Waals surface area contributed by atoms with E-state index in [1.165, 1.54) is 225 Å². The molecule has 0 amide bonds. The molecule has 6 atom stereocenters. The number of rotatable bonds is 78. The summed E-state index contributed by atoms with van der Waals surface area (Å²) in [5, 5.41) is 10.6. The van der Waals surface area contributed by atoms with E-state index in [-0.39, 0.29) is 25.7 Å². The van der Waals surface area contributed by atoms with Crippen LogP contribution in [-0.4, -0.2) is 96.7 Å². The average Bonchev–Trinajstić information content (AvgIpc) is 0.966. The van der Waals surface area contributed by atoms with Crippen molar-refractivity contribution in [1.29, 1.82) is 0 Å². The normalized spacial score (nSPS) is 14.3. The number of phosphoric ester groups is 2. The lowest BCUT2D eigenvalue weighted by Crippen LogP contribution is -2.30. The molecule has 99 heavy (non-hydrogen) atoms. The highest BCUT2D eigenvalue weighted by atomic mass is 31.2. The molecule has 0 fully saturated rings. The first-order chi connectivity index (χ1) is 47.8. The quantitative estimate of drug-likeness (QED) is 0.0222. The zero-order chi connectivity index (χ0) is 73.0. The summed E-state index contributed by atoms with van der Waals surface area (Å²) in [4.78, 5) is 73.0. The van der Waals surface area contributed by atoms with Gasteiger partial charge >= 0.3 is 39.5 Å². The summed E-state index contributed by atoms with van der Waals surface area (Å²) in [6.45, 7) is 12.0. The third kappa shape index (κ3) is 72.8. The third-order valence-electron chi connectivity index (χ3n) is 19.0. The summed E-state index contributed by atoms with van der Waals surface area (Å²) in [6, 6.07) is 0. The van der Waals surface area contributed by atoms with E-state index < -0.39 is 97.5 Å². The molecule has 3 N–H and O–H groups in total. The van der Waals surface area contributed by atoms with Gasteiger partial charge in [0.25, 0.3) is 0 Å². The van der Waals surface area contributed by atoms with Crippen molar-refractivity contribution < 1.29 is 80.2 Å². The van der Waals surface area contributed by atoms with Crippen molar-refractivity contribution in [1.82, 2.24) is 0 Å². The Morgan fingerprint density at radius 1 is 0.293 bits per heavy atom. The van der Waals surface area contributed by atoms with Gasteiger partial charge in [-0.05, 0) is 43.4 Å². The van der Waals surface area contributed by atoms with Crippen LogP contribution in [-0.2, 0) is 65.4 Å². The Morgan fingerprint density at radius 3 is 0.768 bits per heavy atom. The number of aliphatic hydroxyl groups is 1. The van der Waals surface area contributed by atoms with E-state index in [4.69, 9.17) is 37.0 Å². The highest BCUT2D eigenvalue weighted by Crippen LogP contribution is 2.45. The maximum Gasteiger partial charge on any atom is 0.472 e. The Bertz CT molecular complexity index is 1920. The summed E-state index contributed by atoms with van der Waals surface area (Å²) >= 11 is 0. The molecule has 0 heterocycles. The molecule has 588 valence electrons. The van der Waals surface area contributed by atoms with Crippen LogP contribution in [0.1, 0.15) is 414 Å². The third-order valence-corrected chi connectivity index (χ3v) is 20.9. The summed E-state index contributed by atoms with van der Waals surface area (Å²) in [6.07, 6.45) is 58.1. The molecule has 0 aromatic heterocycles. The molecule has 0 saturated heterocycles. The minimum atomic E-state index is -4.96. The van der Waals surface area contributed by atoms with Crippen molar-refractivity contribution in [3.8, 4) is 0 Å². The molecule has 0 rings (SSSR count). The van der Waals surface area contributed by atoms with Gasteiger partial charge in [-0.25, -0.2) is 9.13 Å². The molecule has 0 radical (unpaired) electrons. The van der Waals surface area contributed by atoms with Crippen LogP contribution in [0.2, 0.25) is 0 Å². The van der Waals surface area contributed by atoms with Gasteiger partial charge in [-0.1, -0.05) is 363 Å². The van der Waals surface area contributed by atoms with E-state index in [9.17, 15) is 43.2 Å². The molecule has 0 aliphatic carbocycles. The largest absolute Gasteiger partial charge is 0.472 e. The summed E-state index contributed by atoms with van der Waals surface area (Å²) in [5.74, 6) is 0.223. The van der Waals surface area contributed by atoms with Gasteiger partial charge in [-0.15, -0.1) is 0 Å². The van der Waals surface area contributed by atoms with E-state index in [0.717, 1.165) is 108 Å². The number of hydrogen-bond donors (Lipinski definition) is 3. The number of phosphoric acid groups is 2. The Labute approximate surface area is 607 Å². The molecule has 0 bridgehead atoms. The fourth-order valence-electron chi connectivity index (χ4n) is 12.3. The Balaban J connectivity index is 5.27. The molecule has 3 unspecified atom stereocenters. The maximum atomic E-state index is 13.1. The van der Waals surface area contributed by atoms with Crippen LogP contribution in [0.4, 0.5) is 0 Å². The number of carbonyl (C=O) groups is 4. The molecular formula is C80H156O17P2. The van der Waals surface area contributed by atoms with Crippen LogP contribution in [0.15, 0.2) is 0 Å². The van der Waals surface area contributed by atoms with Crippen LogP contribution >= 0.6 is 15.6 Å². The molecule has 0 saturated carbocycles. The number of carbonyl (C=O) groups excluding carboxylic acids is 4. The van der Waals surface area contributed by atoms with Gasteiger partial charge in [0.2, 0.25) is 0 Å². The highest BCUT2D eigenvalue weighted by Gasteiger charge is 2.30. The van der Waals surface area contributed by atoms with Crippen molar-refractivity contribution in [2.45, 2.75) is 433 Å². The summed E-state index contributed by atoms with van der Waals surface area (Å²) in [7, 11) is -9.92. The Kier molecular flexibility index (Phi) is 69.0. The van der Waals surface area contributed by atoms with Gasteiger partial charge < -0.3 is 33.8 Å². The summed E-state index contributed by atoms with van der Waals surface area (Å²) in [5.41, 5.74) is 0. The van der Waals surface area contributed by atoms with Crippen LogP contribution in [0.5, 0.6) is 0 Å². The smallest absolute Gasteiger partial charge is 0.462 e. The SMILES string of the molecule is CCCCCCCCCCCCCCCCCCCC(=O)O[C@H](COC(=O)CCCCCCCCCCCCCCCC(C)C)COP(=O)(O)OC[C@@H](O)COP(=O)(O)OC[C@@H](COC(=O)CCCCCCCCCCC(C)CC)OC(=O)CCCCCCCCCCCCCC(C)C. The van der Waals surface area contributed by atoms with Crippen LogP contribution in [0, 0.1) is 17.8 Å². The van der Waals surface area contributed by atoms with Crippen LogP contribution < -0.4 is 0 Å². The van der Waals surface area contributed by atoms with E-state index in [1.54, 1.807) is 0 Å². The molecule has 0 spiro atoms. The predicted molar refractivity (Wildman–Crippen MR) is 405 cm³/mol. The zero-order valence-corrected chi connectivity index (χ0v) is 66.8. The van der Waals surface area contributed by atoms with Crippen LogP contribution in [0.3, 0.4) is 0 Å². The number of hydrogen-bond acceptors (Lipinski definition) is 15. The first-order valence-corrected chi connectivity index (χ1v) is 44.4. The minimum Gasteiger partial charge on any atom is -0.462 e. The van der Waals surface area contributed by atoms with Gasteiger partial charge in [0.05, 0.1) is 26.4 Å². The van der Waals surface area contributed by atoms with Gasteiger partial charge in [-0.2, -0.15) is 0 Å². The number of esters is 4. The van der Waals surface area contributed by atoms with Gasteiger partial charge in [0.1, 0.15) is 19.3 Å². The minimum absolute atomic E-state index is 0.106. The number of aliphatic hydroxyl groups excluding tert-OH is 1. The highest BCUT2D eigenvalue weighted by molar-refractivity contribution is 7.47. The van der Waals surface area contributed by atoms with Gasteiger partial charge in [0.15, 0.2) is 12.2 Å². The first-order valence-electron chi connectivity index (χ1n) is 41.4. The van der Waals surface area contributed by atoms with Crippen molar-refractivity contribution >= 4 is 39.5 Å². The van der Waals surface area contributed by atoms with E-state index in [2.05, 4.69) is 48.5 Å². The molecule has 0 aliphatic heterocycles.